The standard InChI is InChI=1S/C12H7F3O5S2/c13-9-3-1-7(5-11(9)15)21(16,17)8-2-4-10(14)12(6-8)22(18,19)20/h1-6H,(H,18,19,20). The molecule has 0 amide bonds. The van der Waals surface area contributed by atoms with Gasteiger partial charge in [0.25, 0.3) is 10.1 Å². The van der Waals surface area contributed by atoms with E-state index in [0.29, 0.717) is 24.3 Å². The molecule has 0 aromatic heterocycles. The molecule has 0 saturated heterocycles. The molecule has 0 radical (unpaired) electrons. The van der Waals surface area contributed by atoms with Crippen LogP contribution in [0.25, 0.3) is 0 Å². The molecule has 2 aromatic carbocycles. The Labute approximate surface area is 123 Å². The van der Waals surface area contributed by atoms with Crippen LogP contribution >= 0.6 is 0 Å². The van der Waals surface area contributed by atoms with Crippen LogP contribution in [0.1, 0.15) is 0 Å². The third-order valence-electron chi connectivity index (χ3n) is 2.69. The van der Waals surface area contributed by atoms with E-state index in [0.717, 1.165) is 12.1 Å². The van der Waals surface area contributed by atoms with Crippen molar-refractivity contribution in [1.82, 2.24) is 0 Å². The van der Waals surface area contributed by atoms with Crippen molar-refractivity contribution in [3.05, 3.63) is 53.8 Å². The molecular weight excluding hydrogens is 345 g/mol. The summed E-state index contributed by atoms with van der Waals surface area (Å²) in [6.07, 6.45) is 0. The molecule has 5 nitrogen and oxygen atoms in total. The molecule has 0 spiro atoms. The molecule has 0 heterocycles. The Morgan fingerprint density at radius 2 is 1.23 bits per heavy atom. The summed E-state index contributed by atoms with van der Waals surface area (Å²) in [6, 6.07) is 3.40. The summed E-state index contributed by atoms with van der Waals surface area (Å²) >= 11 is 0. The van der Waals surface area contributed by atoms with Crippen LogP contribution in [0.5, 0.6) is 0 Å². The molecule has 0 saturated carbocycles. The third kappa shape index (κ3) is 2.98. The highest BCUT2D eigenvalue weighted by Crippen LogP contribution is 2.25. The Morgan fingerprint density at radius 1 is 0.727 bits per heavy atom. The Hall–Kier alpha value is -1.91. The number of halogens is 3. The van der Waals surface area contributed by atoms with Gasteiger partial charge in [-0.3, -0.25) is 4.55 Å². The van der Waals surface area contributed by atoms with Crippen molar-refractivity contribution in [2.24, 2.45) is 0 Å². The highest BCUT2D eigenvalue weighted by molar-refractivity contribution is 7.91. The summed E-state index contributed by atoms with van der Waals surface area (Å²) in [5.74, 6) is -4.04. The van der Waals surface area contributed by atoms with E-state index < -0.39 is 52.1 Å². The van der Waals surface area contributed by atoms with Gasteiger partial charge in [0.05, 0.1) is 9.79 Å². The Balaban J connectivity index is 2.67. The number of benzene rings is 2. The summed E-state index contributed by atoms with van der Waals surface area (Å²) in [6.45, 7) is 0. The zero-order valence-electron chi connectivity index (χ0n) is 10.5. The molecular formula is C12H7F3O5S2. The van der Waals surface area contributed by atoms with Crippen molar-refractivity contribution in [2.75, 3.05) is 0 Å². The average Bonchev–Trinajstić information content (AvgIpc) is 2.40. The minimum absolute atomic E-state index is 0.390. The maximum atomic E-state index is 13.3. The topological polar surface area (TPSA) is 88.5 Å². The average molecular weight is 352 g/mol. The second kappa shape index (κ2) is 5.38. The van der Waals surface area contributed by atoms with E-state index in [-0.39, 0.29) is 0 Å². The van der Waals surface area contributed by atoms with Crippen LogP contribution in [-0.4, -0.2) is 21.4 Å². The van der Waals surface area contributed by atoms with Crippen LogP contribution in [0.15, 0.2) is 51.1 Å². The van der Waals surface area contributed by atoms with E-state index in [1.165, 1.54) is 0 Å². The maximum absolute atomic E-state index is 13.3. The number of hydrogen-bond acceptors (Lipinski definition) is 4. The van der Waals surface area contributed by atoms with Gasteiger partial charge in [0.2, 0.25) is 9.84 Å². The van der Waals surface area contributed by atoms with Gasteiger partial charge in [-0.2, -0.15) is 8.42 Å². The summed E-state index contributed by atoms with van der Waals surface area (Å²) in [5, 5.41) is 0. The van der Waals surface area contributed by atoms with Crippen molar-refractivity contribution in [3.63, 3.8) is 0 Å². The van der Waals surface area contributed by atoms with E-state index in [1.807, 2.05) is 0 Å². The molecule has 0 aliphatic carbocycles. The monoisotopic (exact) mass is 352 g/mol. The zero-order valence-corrected chi connectivity index (χ0v) is 12.1. The van der Waals surface area contributed by atoms with E-state index >= 15 is 0 Å². The van der Waals surface area contributed by atoms with Crippen molar-refractivity contribution < 1.29 is 34.6 Å². The maximum Gasteiger partial charge on any atom is 0.297 e. The number of hydrogen-bond donors (Lipinski definition) is 1. The van der Waals surface area contributed by atoms with E-state index in [4.69, 9.17) is 4.55 Å². The molecule has 0 atom stereocenters. The molecule has 2 rings (SSSR count). The fraction of sp³-hybridized carbons (Fsp3) is 0. The molecule has 118 valence electrons. The number of rotatable bonds is 3. The van der Waals surface area contributed by atoms with Gasteiger partial charge in [-0.25, -0.2) is 21.6 Å². The molecule has 22 heavy (non-hydrogen) atoms. The molecule has 0 unspecified atom stereocenters. The fourth-order valence-corrected chi connectivity index (χ4v) is 3.59. The van der Waals surface area contributed by atoms with Gasteiger partial charge in [-0.15, -0.1) is 0 Å². The molecule has 10 heteroatoms. The highest BCUT2D eigenvalue weighted by Gasteiger charge is 2.24. The predicted octanol–water partition coefficient (Wildman–Crippen LogP) is 2.18. The van der Waals surface area contributed by atoms with Gasteiger partial charge in [-0.05, 0) is 36.4 Å². The minimum Gasteiger partial charge on any atom is -0.282 e. The van der Waals surface area contributed by atoms with Crippen LogP contribution in [0.3, 0.4) is 0 Å². The van der Waals surface area contributed by atoms with E-state index in [9.17, 15) is 30.0 Å². The van der Waals surface area contributed by atoms with Crippen molar-refractivity contribution in [2.45, 2.75) is 14.7 Å². The lowest BCUT2D eigenvalue weighted by Crippen LogP contribution is -2.07. The molecule has 2 aromatic rings. The quantitative estimate of drug-likeness (QED) is 0.676. The van der Waals surface area contributed by atoms with Crippen LogP contribution in [0, 0.1) is 17.5 Å². The SMILES string of the molecule is O=S(=O)(O)c1cc(S(=O)(=O)c2ccc(F)c(F)c2)ccc1F. The lowest BCUT2D eigenvalue weighted by atomic mass is 10.3. The highest BCUT2D eigenvalue weighted by atomic mass is 32.2. The molecule has 0 bridgehead atoms. The first-order valence-corrected chi connectivity index (χ1v) is 8.43. The lowest BCUT2D eigenvalue weighted by Gasteiger charge is -2.07. The second-order valence-corrected chi connectivity index (χ2v) is 7.49. The predicted molar refractivity (Wildman–Crippen MR) is 68.0 cm³/mol. The Bertz CT molecular complexity index is 953. The summed E-state index contributed by atoms with van der Waals surface area (Å²) in [7, 11) is -9.41. The van der Waals surface area contributed by atoms with Gasteiger partial charge < -0.3 is 0 Å². The molecule has 0 aliphatic heterocycles. The first-order valence-electron chi connectivity index (χ1n) is 5.50. The summed E-state index contributed by atoms with van der Waals surface area (Å²) in [4.78, 5) is -2.59. The normalized spacial score (nSPS) is 12.4. The molecule has 0 fully saturated rings. The van der Waals surface area contributed by atoms with Crippen LogP contribution in [0.4, 0.5) is 13.2 Å². The number of sulfone groups is 1. The zero-order chi connectivity index (χ0) is 16.7. The van der Waals surface area contributed by atoms with Gasteiger partial charge >= 0.3 is 0 Å². The summed E-state index contributed by atoms with van der Waals surface area (Å²) < 4.78 is 94.5. The smallest absolute Gasteiger partial charge is 0.282 e. The second-order valence-electron chi connectivity index (χ2n) is 4.15. The van der Waals surface area contributed by atoms with Gasteiger partial charge in [-0.1, -0.05) is 0 Å². The van der Waals surface area contributed by atoms with Crippen LogP contribution in [-0.2, 0) is 20.0 Å². The van der Waals surface area contributed by atoms with Crippen LogP contribution < -0.4 is 0 Å². The fourth-order valence-electron chi connectivity index (χ4n) is 1.63. The van der Waals surface area contributed by atoms with Gasteiger partial charge in [0.1, 0.15) is 10.7 Å². The first-order chi connectivity index (χ1) is 10.0. The molecule has 0 aliphatic rings. The van der Waals surface area contributed by atoms with Gasteiger partial charge in [0, 0.05) is 0 Å². The Morgan fingerprint density at radius 3 is 1.73 bits per heavy atom. The first kappa shape index (κ1) is 16.5. The minimum atomic E-state index is -4.99. The van der Waals surface area contributed by atoms with Crippen molar-refractivity contribution in [1.29, 1.82) is 0 Å². The van der Waals surface area contributed by atoms with E-state index in [1.54, 1.807) is 0 Å². The van der Waals surface area contributed by atoms with Crippen molar-refractivity contribution in [3.8, 4) is 0 Å². The largest absolute Gasteiger partial charge is 0.297 e. The van der Waals surface area contributed by atoms with Crippen molar-refractivity contribution >= 4 is 20.0 Å². The van der Waals surface area contributed by atoms with E-state index in [2.05, 4.69) is 0 Å². The lowest BCUT2D eigenvalue weighted by molar-refractivity contribution is 0.472. The molecule has 1 N–H and O–H groups in total. The summed E-state index contributed by atoms with van der Waals surface area (Å²) in [5.41, 5.74) is 0. The Kier molecular flexibility index (Phi) is 4.02. The van der Waals surface area contributed by atoms with Crippen LogP contribution in [0.2, 0.25) is 0 Å². The third-order valence-corrected chi connectivity index (χ3v) is 5.31. The van der Waals surface area contributed by atoms with Gasteiger partial charge in [0.15, 0.2) is 11.6 Å².